The second-order valence-electron chi connectivity index (χ2n) is 7.09. The molecular formula is C24H21N3O2. The fourth-order valence-corrected chi connectivity index (χ4v) is 3.31. The van der Waals surface area contributed by atoms with Crippen molar-refractivity contribution in [1.29, 1.82) is 0 Å². The summed E-state index contributed by atoms with van der Waals surface area (Å²) in [6.45, 7) is 3.79. The van der Waals surface area contributed by atoms with Crippen molar-refractivity contribution in [2.75, 3.05) is 5.32 Å². The third-order valence-corrected chi connectivity index (χ3v) is 4.91. The monoisotopic (exact) mass is 383 g/mol. The number of nitrogens with one attached hydrogen (secondary N) is 1. The summed E-state index contributed by atoms with van der Waals surface area (Å²) in [5.74, 6) is -0.293. The highest BCUT2D eigenvalue weighted by atomic mass is 16.2. The van der Waals surface area contributed by atoms with Crippen molar-refractivity contribution in [3.63, 3.8) is 0 Å². The highest BCUT2D eigenvalue weighted by Crippen LogP contribution is 2.25. The van der Waals surface area contributed by atoms with E-state index in [2.05, 4.69) is 10.4 Å². The van der Waals surface area contributed by atoms with Crippen LogP contribution in [0, 0.1) is 13.8 Å². The fraction of sp³-hybridized carbons (Fsp3) is 0.125. The maximum absolute atomic E-state index is 12.9. The Hall–Kier alpha value is -3.73. The van der Waals surface area contributed by atoms with E-state index in [1.165, 1.54) is 4.68 Å². The zero-order valence-electron chi connectivity index (χ0n) is 16.3. The summed E-state index contributed by atoms with van der Waals surface area (Å²) in [6, 6.07) is 22.9. The first-order chi connectivity index (χ1) is 14.0. The molecule has 1 N–H and O–H groups in total. The van der Waals surface area contributed by atoms with Gasteiger partial charge in [-0.05, 0) is 31.5 Å². The topological polar surface area (TPSA) is 64.0 Å². The van der Waals surface area contributed by atoms with E-state index in [1.807, 2.05) is 80.6 Å². The molecule has 0 saturated heterocycles. The van der Waals surface area contributed by atoms with E-state index in [0.717, 1.165) is 27.8 Å². The predicted octanol–water partition coefficient (Wildman–Crippen LogP) is 4.32. The molecule has 0 radical (unpaired) electrons. The van der Waals surface area contributed by atoms with Crippen LogP contribution >= 0.6 is 0 Å². The molecule has 0 saturated carbocycles. The van der Waals surface area contributed by atoms with E-state index < -0.39 is 0 Å². The number of fused-ring (bicyclic) bond motifs is 1. The summed E-state index contributed by atoms with van der Waals surface area (Å²) < 4.78 is 1.24. The minimum Gasteiger partial charge on any atom is -0.324 e. The van der Waals surface area contributed by atoms with Crippen LogP contribution in [0.2, 0.25) is 0 Å². The SMILES string of the molecule is Cc1ccc(-c2nn(CC(=O)Nc3ccccc3C)c(=O)c3ccccc23)cc1. The van der Waals surface area contributed by atoms with E-state index in [-0.39, 0.29) is 18.0 Å². The number of anilines is 1. The normalized spacial score (nSPS) is 10.8. The number of hydrogen-bond donors (Lipinski definition) is 1. The molecule has 29 heavy (non-hydrogen) atoms. The molecule has 0 unspecified atom stereocenters. The molecule has 5 heteroatoms. The molecule has 0 atom stereocenters. The molecule has 0 spiro atoms. The summed E-state index contributed by atoms with van der Waals surface area (Å²) in [5.41, 5.74) is 4.13. The van der Waals surface area contributed by atoms with Gasteiger partial charge in [-0.2, -0.15) is 5.10 Å². The summed E-state index contributed by atoms with van der Waals surface area (Å²) >= 11 is 0. The van der Waals surface area contributed by atoms with Gasteiger partial charge in [0.25, 0.3) is 5.56 Å². The van der Waals surface area contributed by atoms with Crippen molar-refractivity contribution in [2.45, 2.75) is 20.4 Å². The molecule has 0 aliphatic carbocycles. The van der Waals surface area contributed by atoms with Crippen molar-refractivity contribution in [1.82, 2.24) is 9.78 Å². The van der Waals surface area contributed by atoms with Crippen LogP contribution in [0.3, 0.4) is 0 Å². The summed E-state index contributed by atoms with van der Waals surface area (Å²) in [4.78, 5) is 25.5. The van der Waals surface area contributed by atoms with E-state index in [9.17, 15) is 9.59 Å². The number of carbonyl (C=O) groups is 1. The second-order valence-corrected chi connectivity index (χ2v) is 7.09. The van der Waals surface area contributed by atoms with Gasteiger partial charge in [-0.15, -0.1) is 0 Å². The van der Waals surface area contributed by atoms with Crippen LogP contribution < -0.4 is 10.9 Å². The average molecular weight is 383 g/mol. The third kappa shape index (κ3) is 3.80. The number of nitrogens with zero attached hydrogens (tertiary/aromatic N) is 2. The lowest BCUT2D eigenvalue weighted by Crippen LogP contribution is -2.30. The number of hydrogen-bond acceptors (Lipinski definition) is 3. The number of aromatic nitrogens is 2. The lowest BCUT2D eigenvalue weighted by molar-refractivity contribution is -0.117. The van der Waals surface area contributed by atoms with Crippen molar-refractivity contribution >= 4 is 22.4 Å². The summed E-state index contributed by atoms with van der Waals surface area (Å²) in [5, 5.41) is 8.73. The molecule has 0 aliphatic rings. The zero-order valence-corrected chi connectivity index (χ0v) is 16.3. The molecule has 0 bridgehead atoms. The van der Waals surface area contributed by atoms with Crippen LogP contribution in [-0.4, -0.2) is 15.7 Å². The maximum atomic E-state index is 12.9. The van der Waals surface area contributed by atoms with Crippen molar-refractivity contribution in [3.8, 4) is 11.3 Å². The number of benzene rings is 3. The van der Waals surface area contributed by atoms with E-state index >= 15 is 0 Å². The van der Waals surface area contributed by atoms with Gasteiger partial charge < -0.3 is 5.32 Å². The van der Waals surface area contributed by atoms with E-state index in [1.54, 1.807) is 6.07 Å². The van der Waals surface area contributed by atoms with Gasteiger partial charge in [0.1, 0.15) is 6.54 Å². The highest BCUT2D eigenvalue weighted by Gasteiger charge is 2.14. The Morgan fingerprint density at radius 1 is 0.897 bits per heavy atom. The van der Waals surface area contributed by atoms with Crippen molar-refractivity contribution in [3.05, 3.63) is 94.3 Å². The predicted molar refractivity (Wildman–Crippen MR) is 116 cm³/mol. The lowest BCUT2D eigenvalue weighted by atomic mass is 10.0. The molecular weight excluding hydrogens is 362 g/mol. The Kier molecular flexibility index (Phi) is 4.96. The first kappa shape index (κ1) is 18.6. The molecule has 1 aromatic heterocycles. The number of carbonyl (C=O) groups excluding carboxylic acids is 1. The first-order valence-corrected chi connectivity index (χ1v) is 9.45. The van der Waals surface area contributed by atoms with Gasteiger partial charge in [0.05, 0.1) is 11.1 Å². The van der Waals surface area contributed by atoms with E-state index in [4.69, 9.17) is 0 Å². The number of rotatable bonds is 4. The standard InChI is InChI=1S/C24H21N3O2/c1-16-11-13-18(14-12-16)23-19-8-4-5-9-20(19)24(29)27(26-23)15-22(28)25-21-10-6-3-7-17(21)2/h3-14H,15H2,1-2H3,(H,25,28). The molecule has 1 heterocycles. The quantitative estimate of drug-likeness (QED) is 0.571. The molecule has 0 aliphatic heterocycles. The smallest absolute Gasteiger partial charge is 0.275 e. The summed E-state index contributed by atoms with van der Waals surface area (Å²) in [6.07, 6.45) is 0. The van der Waals surface area contributed by atoms with Crippen molar-refractivity contribution < 1.29 is 4.79 Å². The third-order valence-electron chi connectivity index (χ3n) is 4.91. The maximum Gasteiger partial charge on any atom is 0.275 e. The Morgan fingerprint density at radius 2 is 1.55 bits per heavy atom. The van der Waals surface area contributed by atoms with Crippen LogP contribution in [-0.2, 0) is 11.3 Å². The van der Waals surface area contributed by atoms with Gasteiger partial charge in [0.15, 0.2) is 0 Å². The van der Waals surface area contributed by atoms with Gasteiger partial charge in [-0.1, -0.05) is 66.2 Å². The van der Waals surface area contributed by atoms with Crippen LogP contribution in [0.1, 0.15) is 11.1 Å². The van der Waals surface area contributed by atoms with E-state index in [0.29, 0.717) is 11.1 Å². The minimum atomic E-state index is -0.293. The second kappa shape index (κ2) is 7.72. The lowest BCUT2D eigenvalue weighted by Gasteiger charge is -2.12. The van der Waals surface area contributed by atoms with Gasteiger partial charge >= 0.3 is 0 Å². The molecule has 1 amide bonds. The Bertz CT molecular complexity index is 1260. The van der Waals surface area contributed by atoms with Gasteiger partial charge in [-0.25, -0.2) is 4.68 Å². The Morgan fingerprint density at radius 3 is 2.28 bits per heavy atom. The van der Waals surface area contributed by atoms with Gasteiger partial charge in [0.2, 0.25) is 5.91 Å². The Labute approximate surface area is 168 Å². The zero-order chi connectivity index (χ0) is 20.4. The largest absolute Gasteiger partial charge is 0.324 e. The van der Waals surface area contributed by atoms with Gasteiger partial charge in [-0.3, -0.25) is 9.59 Å². The first-order valence-electron chi connectivity index (χ1n) is 9.45. The van der Waals surface area contributed by atoms with Crippen LogP contribution in [0.4, 0.5) is 5.69 Å². The van der Waals surface area contributed by atoms with Crippen LogP contribution in [0.15, 0.2) is 77.6 Å². The molecule has 3 aromatic carbocycles. The van der Waals surface area contributed by atoms with Crippen molar-refractivity contribution in [2.24, 2.45) is 0 Å². The minimum absolute atomic E-state index is 0.156. The summed E-state index contributed by atoms with van der Waals surface area (Å²) in [7, 11) is 0. The molecule has 5 nitrogen and oxygen atoms in total. The number of para-hydroxylation sites is 1. The number of amides is 1. The highest BCUT2D eigenvalue weighted by molar-refractivity contribution is 5.94. The number of aryl methyl sites for hydroxylation is 2. The average Bonchev–Trinajstić information content (AvgIpc) is 2.73. The molecule has 144 valence electrons. The molecule has 4 rings (SSSR count). The van der Waals surface area contributed by atoms with Crippen LogP contribution in [0.25, 0.3) is 22.0 Å². The molecule has 4 aromatic rings. The Balaban J connectivity index is 1.75. The van der Waals surface area contributed by atoms with Crippen LogP contribution in [0.5, 0.6) is 0 Å². The van der Waals surface area contributed by atoms with Gasteiger partial charge in [0, 0.05) is 16.6 Å². The fourth-order valence-electron chi connectivity index (χ4n) is 3.31. The molecule has 0 fully saturated rings.